The predicted octanol–water partition coefficient (Wildman–Crippen LogP) is 2.16. The molecule has 0 spiro atoms. The average Bonchev–Trinajstić information content (AvgIpc) is 2.67. The summed E-state index contributed by atoms with van der Waals surface area (Å²) >= 11 is 0. The van der Waals surface area contributed by atoms with Crippen LogP contribution in [0, 0.1) is 0 Å². The SMILES string of the molecule is COc1ccccc1-n1nc(C(=O)Nc2cccc(NC(C)=O)c2)c(O)cc1=O. The highest BCUT2D eigenvalue weighted by molar-refractivity contribution is 6.05. The quantitative estimate of drug-likeness (QED) is 0.609. The molecule has 0 aliphatic rings. The van der Waals surface area contributed by atoms with Gasteiger partial charge in [0.2, 0.25) is 5.91 Å². The van der Waals surface area contributed by atoms with Crippen molar-refractivity contribution in [3.63, 3.8) is 0 Å². The Morgan fingerprint density at radius 3 is 2.41 bits per heavy atom. The van der Waals surface area contributed by atoms with Gasteiger partial charge in [-0.15, -0.1) is 0 Å². The highest BCUT2D eigenvalue weighted by Gasteiger charge is 2.18. The number of aromatic nitrogens is 2. The molecule has 2 amide bonds. The van der Waals surface area contributed by atoms with Gasteiger partial charge in [0.15, 0.2) is 11.4 Å². The topological polar surface area (TPSA) is 123 Å². The number of carbonyl (C=O) groups is 2. The summed E-state index contributed by atoms with van der Waals surface area (Å²) in [6.45, 7) is 1.37. The number of hydrogen-bond acceptors (Lipinski definition) is 6. The van der Waals surface area contributed by atoms with Crippen LogP contribution in [0.4, 0.5) is 11.4 Å². The lowest BCUT2D eigenvalue weighted by Gasteiger charge is -2.12. The minimum Gasteiger partial charge on any atom is -0.505 e. The number of nitrogens with one attached hydrogen (secondary N) is 2. The first kappa shape index (κ1) is 19.6. The number of benzene rings is 2. The zero-order valence-electron chi connectivity index (χ0n) is 15.7. The van der Waals surface area contributed by atoms with E-state index in [4.69, 9.17) is 4.74 Å². The van der Waals surface area contributed by atoms with E-state index in [0.717, 1.165) is 10.7 Å². The van der Waals surface area contributed by atoms with E-state index in [0.29, 0.717) is 22.8 Å². The lowest BCUT2D eigenvalue weighted by atomic mass is 10.2. The molecule has 9 nitrogen and oxygen atoms in total. The van der Waals surface area contributed by atoms with Gasteiger partial charge in [-0.2, -0.15) is 9.78 Å². The molecule has 2 aromatic carbocycles. The fraction of sp³-hybridized carbons (Fsp3) is 0.100. The van der Waals surface area contributed by atoms with E-state index in [1.165, 1.54) is 14.0 Å². The maximum atomic E-state index is 12.7. The Morgan fingerprint density at radius 2 is 1.72 bits per heavy atom. The number of hydrogen-bond donors (Lipinski definition) is 3. The standard InChI is InChI=1S/C20H18N4O5/c1-12(25)21-13-6-5-7-14(10-13)22-20(28)19-16(26)11-18(27)24(23-19)15-8-3-4-9-17(15)29-2/h3-11,26H,1-2H3,(H,21,25)(H,22,28). The number of carbonyl (C=O) groups excluding carboxylic acids is 2. The summed E-state index contributed by atoms with van der Waals surface area (Å²) < 4.78 is 6.20. The summed E-state index contributed by atoms with van der Waals surface area (Å²) in [7, 11) is 1.44. The predicted molar refractivity (Wildman–Crippen MR) is 107 cm³/mol. The van der Waals surface area contributed by atoms with Crippen molar-refractivity contribution in [3.8, 4) is 17.2 Å². The van der Waals surface area contributed by atoms with Gasteiger partial charge in [0.05, 0.1) is 7.11 Å². The van der Waals surface area contributed by atoms with Crippen LogP contribution in [0.1, 0.15) is 17.4 Å². The number of anilines is 2. The minimum atomic E-state index is -0.730. The molecule has 0 radical (unpaired) electrons. The Morgan fingerprint density at radius 1 is 1.03 bits per heavy atom. The summed E-state index contributed by atoms with van der Waals surface area (Å²) in [6.07, 6.45) is 0. The van der Waals surface area contributed by atoms with Gasteiger partial charge >= 0.3 is 0 Å². The second-order valence-electron chi connectivity index (χ2n) is 6.02. The fourth-order valence-corrected chi connectivity index (χ4v) is 2.65. The van der Waals surface area contributed by atoms with Gasteiger partial charge in [-0.1, -0.05) is 18.2 Å². The molecular formula is C20H18N4O5. The van der Waals surface area contributed by atoms with Crippen LogP contribution in [0.3, 0.4) is 0 Å². The van der Waals surface area contributed by atoms with Gasteiger partial charge in [0.25, 0.3) is 11.5 Å². The van der Waals surface area contributed by atoms with E-state index in [2.05, 4.69) is 15.7 Å². The first-order chi connectivity index (χ1) is 13.9. The van der Waals surface area contributed by atoms with E-state index in [1.807, 2.05) is 0 Å². The second-order valence-corrected chi connectivity index (χ2v) is 6.02. The second kappa shape index (κ2) is 8.26. The summed E-state index contributed by atoms with van der Waals surface area (Å²) in [5.41, 5.74) is 0.210. The van der Waals surface area contributed by atoms with Crippen molar-refractivity contribution >= 4 is 23.2 Å². The van der Waals surface area contributed by atoms with Crippen LogP contribution in [-0.4, -0.2) is 33.8 Å². The third kappa shape index (κ3) is 4.41. The van der Waals surface area contributed by atoms with Gasteiger partial charge in [-0.25, -0.2) is 0 Å². The third-order valence-corrected chi connectivity index (χ3v) is 3.88. The van der Waals surface area contributed by atoms with Crippen LogP contribution in [0.25, 0.3) is 5.69 Å². The molecule has 3 N–H and O–H groups in total. The van der Waals surface area contributed by atoms with Gasteiger partial charge in [-0.05, 0) is 30.3 Å². The Hall–Kier alpha value is -4.14. The normalized spacial score (nSPS) is 10.3. The van der Waals surface area contributed by atoms with E-state index < -0.39 is 17.2 Å². The van der Waals surface area contributed by atoms with Crippen LogP contribution in [-0.2, 0) is 4.79 Å². The van der Waals surface area contributed by atoms with E-state index >= 15 is 0 Å². The molecular weight excluding hydrogens is 376 g/mol. The Labute approximate surface area is 165 Å². The Bertz CT molecular complexity index is 1140. The van der Waals surface area contributed by atoms with Gasteiger partial charge in [-0.3, -0.25) is 14.4 Å². The van der Waals surface area contributed by atoms with E-state index in [-0.39, 0.29) is 11.6 Å². The van der Waals surface area contributed by atoms with Crippen molar-refractivity contribution in [2.45, 2.75) is 6.92 Å². The summed E-state index contributed by atoms with van der Waals surface area (Å²) in [5, 5.41) is 19.3. The highest BCUT2D eigenvalue weighted by Crippen LogP contribution is 2.22. The van der Waals surface area contributed by atoms with E-state index in [9.17, 15) is 19.5 Å². The highest BCUT2D eigenvalue weighted by atomic mass is 16.5. The molecule has 0 saturated carbocycles. The number of ether oxygens (including phenoxy) is 1. The van der Waals surface area contributed by atoms with Gasteiger partial charge in [0.1, 0.15) is 11.4 Å². The maximum absolute atomic E-state index is 12.7. The van der Waals surface area contributed by atoms with Crippen molar-refractivity contribution in [3.05, 3.63) is 70.6 Å². The zero-order valence-corrected chi connectivity index (χ0v) is 15.7. The molecule has 1 aromatic heterocycles. The molecule has 3 rings (SSSR count). The molecule has 0 atom stereocenters. The molecule has 0 bridgehead atoms. The van der Waals surface area contributed by atoms with Crippen LogP contribution >= 0.6 is 0 Å². The molecule has 0 fully saturated rings. The smallest absolute Gasteiger partial charge is 0.279 e. The van der Waals surface area contributed by atoms with Gasteiger partial charge < -0.3 is 20.5 Å². The van der Waals surface area contributed by atoms with Crippen LogP contribution < -0.4 is 20.9 Å². The maximum Gasteiger partial charge on any atom is 0.279 e. The van der Waals surface area contributed by atoms with Crippen molar-refractivity contribution in [1.82, 2.24) is 9.78 Å². The van der Waals surface area contributed by atoms with Crippen LogP contribution in [0.5, 0.6) is 11.5 Å². The third-order valence-electron chi connectivity index (χ3n) is 3.88. The van der Waals surface area contributed by atoms with Crippen molar-refractivity contribution in [1.29, 1.82) is 0 Å². The van der Waals surface area contributed by atoms with Crippen molar-refractivity contribution in [2.24, 2.45) is 0 Å². The number of methoxy groups -OCH3 is 1. The molecule has 0 aliphatic heterocycles. The first-order valence-electron chi connectivity index (χ1n) is 8.55. The van der Waals surface area contributed by atoms with Gasteiger partial charge in [0, 0.05) is 24.4 Å². The van der Waals surface area contributed by atoms with Crippen LogP contribution in [0.15, 0.2) is 59.4 Å². The zero-order chi connectivity index (χ0) is 21.0. The molecule has 0 saturated heterocycles. The largest absolute Gasteiger partial charge is 0.505 e. The molecule has 9 heteroatoms. The molecule has 1 heterocycles. The number of para-hydroxylation sites is 2. The van der Waals surface area contributed by atoms with Crippen LogP contribution in [0.2, 0.25) is 0 Å². The first-order valence-corrected chi connectivity index (χ1v) is 8.55. The minimum absolute atomic E-state index is 0.253. The Kier molecular flexibility index (Phi) is 5.59. The molecule has 0 unspecified atom stereocenters. The number of nitrogens with zero attached hydrogens (tertiary/aromatic N) is 2. The summed E-state index contributed by atoms with van der Waals surface area (Å²) in [4.78, 5) is 36.1. The fourth-order valence-electron chi connectivity index (χ4n) is 2.65. The summed E-state index contributed by atoms with van der Waals surface area (Å²) in [5.74, 6) is -1.17. The van der Waals surface area contributed by atoms with Crippen molar-refractivity contribution < 1.29 is 19.4 Å². The molecule has 29 heavy (non-hydrogen) atoms. The molecule has 0 aliphatic carbocycles. The molecule has 3 aromatic rings. The number of aromatic hydroxyl groups is 1. The Balaban J connectivity index is 1.96. The summed E-state index contributed by atoms with van der Waals surface area (Å²) in [6, 6.07) is 14.0. The lowest BCUT2D eigenvalue weighted by Crippen LogP contribution is -2.25. The number of amides is 2. The average molecular weight is 394 g/mol. The van der Waals surface area contributed by atoms with Crippen molar-refractivity contribution in [2.75, 3.05) is 17.7 Å². The molecule has 148 valence electrons. The lowest BCUT2D eigenvalue weighted by molar-refractivity contribution is -0.114. The van der Waals surface area contributed by atoms with E-state index in [1.54, 1.807) is 48.5 Å². The monoisotopic (exact) mass is 394 g/mol. The number of rotatable bonds is 5.